The number of rotatable bonds is 10. The third-order valence-electron chi connectivity index (χ3n) is 6.67. The van der Waals surface area contributed by atoms with Crippen molar-refractivity contribution in [3.63, 3.8) is 0 Å². The van der Waals surface area contributed by atoms with Gasteiger partial charge in [0.15, 0.2) is 23.0 Å². The van der Waals surface area contributed by atoms with Crippen LogP contribution in [0.4, 0.5) is 0 Å². The van der Waals surface area contributed by atoms with Crippen molar-refractivity contribution < 1.29 is 24.1 Å². The zero-order valence-electron chi connectivity index (χ0n) is 20.8. The number of phenols is 1. The molecule has 6 nitrogen and oxygen atoms in total. The summed E-state index contributed by atoms with van der Waals surface area (Å²) in [7, 11) is 3.30. The van der Waals surface area contributed by atoms with Gasteiger partial charge in [-0.2, -0.15) is 0 Å². The highest BCUT2D eigenvalue weighted by Crippen LogP contribution is 2.41. The topological polar surface area (TPSA) is 70.0 Å². The molecule has 1 aromatic heterocycles. The summed E-state index contributed by atoms with van der Waals surface area (Å²) >= 11 is 0. The molecule has 35 heavy (non-hydrogen) atoms. The van der Waals surface area contributed by atoms with Gasteiger partial charge in [-0.15, -0.1) is 12.4 Å². The quantitative estimate of drug-likeness (QED) is 0.332. The van der Waals surface area contributed by atoms with Crippen molar-refractivity contribution >= 4 is 23.2 Å². The molecule has 0 radical (unpaired) electrons. The third-order valence-corrected chi connectivity index (χ3v) is 6.67. The Balaban J connectivity index is 0.00000342. The SMILES string of the molecule is CCOc1ccc2c(Cc3cc(OC)c(OCCC4CCCCC4)c(OC)c3)cncc2c1O.Cl. The summed E-state index contributed by atoms with van der Waals surface area (Å²) in [5, 5.41) is 12.2. The number of aromatic nitrogens is 1. The lowest BCUT2D eigenvalue weighted by Crippen LogP contribution is -2.11. The Kier molecular flexibility index (Phi) is 9.73. The second-order valence-electron chi connectivity index (χ2n) is 8.89. The maximum atomic E-state index is 10.6. The van der Waals surface area contributed by atoms with E-state index in [1.165, 1.54) is 32.1 Å². The summed E-state index contributed by atoms with van der Waals surface area (Å²) < 4.78 is 23.1. The van der Waals surface area contributed by atoms with Crippen LogP contribution in [0.2, 0.25) is 0 Å². The summed E-state index contributed by atoms with van der Waals surface area (Å²) in [6.07, 6.45) is 11.8. The Bertz CT molecular complexity index is 1090. The van der Waals surface area contributed by atoms with Gasteiger partial charge in [-0.25, -0.2) is 0 Å². The standard InChI is InChI=1S/C28H35NO5.ClH/c1-4-33-24-11-10-22-21(17-29-18-23(22)27(24)30)14-20-15-25(31-2)28(26(16-20)32-3)34-13-12-19-8-6-5-7-9-19;/h10-11,15-19,30H,4-9,12-14H2,1-3H3;1H. The van der Waals surface area contributed by atoms with Crippen LogP contribution < -0.4 is 18.9 Å². The van der Waals surface area contributed by atoms with Gasteiger partial charge in [0, 0.05) is 17.8 Å². The molecule has 3 aromatic rings. The van der Waals surface area contributed by atoms with Gasteiger partial charge in [-0.1, -0.05) is 38.2 Å². The van der Waals surface area contributed by atoms with Gasteiger partial charge in [-0.3, -0.25) is 4.98 Å². The Morgan fingerprint density at radius 2 is 1.63 bits per heavy atom. The highest BCUT2D eigenvalue weighted by atomic mass is 35.5. The lowest BCUT2D eigenvalue weighted by Gasteiger charge is -2.22. The lowest BCUT2D eigenvalue weighted by atomic mass is 9.87. The minimum Gasteiger partial charge on any atom is -0.504 e. The number of fused-ring (bicyclic) bond motifs is 1. The molecule has 7 heteroatoms. The highest BCUT2D eigenvalue weighted by Gasteiger charge is 2.18. The molecular formula is C28H36ClNO5. The van der Waals surface area contributed by atoms with E-state index in [9.17, 15) is 5.11 Å². The molecule has 0 bridgehead atoms. The van der Waals surface area contributed by atoms with E-state index in [2.05, 4.69) is 4.98 Å². The molecule has 4 rings (SSSR count). The van der Waals surface area contributed by atoms with Gasteiger partial charge >= 0.3 is 0 Å². The van der Waals surface area contributed by atoms with Crippen LogP contribution in [0.25, 0.3) is 10.8 Å². The predicted octanol–water partition coefficient (Wildman–Crippen LogP) is 6.72. The molecule has 0 spiro atoms. The van der Waals surface area contributed by atoms with E-state index in [0.29, 0.717) is 48.0 Å². The summed E-state index contributed by atoms with van der Waals surface area (Å²) in [6.45, 7) is 3.04. The molecule has 1 aliphatic carbocycles. The zero-order chi connectivity index (χ0) is 23.9. The third kappa shape index (κ3) is 6.23. The van der Waals surface area contributed by atoms with Gasteiger partial charge in [-0.05, 0) is 60.4 Å². The van der Waals surface area contributed by atoms with Gasteiger partial charge in [0.05, 0.1) is 27.4 Å². The summed E-state index contributed by atoms with van der Waals surface area (Å²) in [5.74, 6) is 3.31. The normalized spacial score (nSPS) is 13.8. The van der Waals surface area contributed by atoms with E-state index in [1.54, 1.807) is 26.5 Å². The first-order valence-corrected chi connectivity index (χ1v) is 12.2. The average molecular weight is 502 g/mol. The van der Waals surface area contributed by atoms with Crippen LogP contribution in [0.5, 0.6) is 28.7 Å². The molecule has 0 aliphatic heterocycles. The molecule has 1 N–H and O–H groups in total. The largest absolute Gasteiger partial charge is 0.504 e. The van der Waals surface area contributed by atoms with Crippen LogP contribution in [0.15, 0.2) is 36.7 Å². The average Bonchev–Trinajstić information content (AvgIpc) is 2.87. The van der Waals surface area contributed by atoms with Gasteiger partial charge in [0.1, 0.15) is 0 Å². The van der Waals surface area contributed by atoms with Crippen LogP contribution in [-0.2, 0) is 6.42 Å². The molecule has 2 aromatic carbocycles. The van der Waals surface area contributed by atoms with Gasteiger partial charge in [0.2, 0.25) is 5.75 Å². The fourth-order valence-electron chi connectivity index (χ4n) is 4.88. The Morgan fingerprint density at radius 1 is 0.914 bits per heavy atom. The first-order valence-electron chi connectivity index (χ1n) is 12.2. The van der Waals surface area contributed by atoms with E-state index in [4.69, 9.17) is 18.9 Å². The zero-order valence-corrected chi connectivity index (χ0v) is 21.7. The van der Waals surface area contributed by atoms with Gasteiger partial charge < -0.3 is 24.1 Å². The summed E-state index contributed by atoms with van der Waals surface area (Å²) in [5.41, 5.74) is 2.00. The fraction of sp³-hybridized carbons (Fsp3) is 0.464. The number of nitrogens with zero attached hydrogens (tertiary/aromatic N) is 1. The Hall–Kier alpha value is -2.86. The smallest absolute Gasteiger partial charge is 0.203 e. The molecule has 1 aliphatic rings. The van der Waals surface area contributed by atoms with Crippen LogP contribution in [0.3, 0.4) is 0 Å². The van der Waals surface area contributed by atoms with Crippen molar-refractivity contribution in [3.05, 3.63) is 47.8 Å². The number of phenolic OH excluding ortho intramolecular Hbond substituents is 1. The molecule has 1 saturated carbocycles. The molecule has 190 valence electrons. The van der Waals surface area contributed by atoms with E-state index < -0.39 is 0 Å². The van der Waals surface area contributed by atoms with E-state index >= 15 is 0 Å². The maximum absolute atomic E-state index is 10.6. The number of methoxy groups -OCH3 is 2. The number of halogens is 1. The van der Waals surface area contributed by atoms with E-state index in [1.807, 2.05) is 31.3 Å². The number of ether oxygens (including phenoxy) is 4. The summed E-state index contributed by atoms with van der Waals surface area (Å²) in [6, 6.07) is 7.75. The van der Waals surface area contributed by atoms with Crippen LogP contribution in [0, 0.1) is 5.92 Å². The van der Waals surface area contributed by atoms with E-state index in [0.717, 1.165) is 28.9 Å². The van der Waals surface area contributed by atoms with Crippen molar-refractivity contribution in [2.75, 3.05) is 27.4 Å². The minimum absolute atomic E-state index is 0. The first kappa shape index (κ1) is 26.7. The van der Waals surface area contributed by atoms with Crippen molar-refractivity contribution in [1.29, 1.82) is 0 Å². The Morgan fingerprint density at radius 3 is 2.29 bits per heavy atom. The van der Waals surface area contributed by atoms with Crippen molar-refractivity contribution in [2.45, 2.75) is 51.9 Å². The van der Waals surface area contributed by atoms with Crippen molar-refractivity contribution in [2.24, 2.45) is 5.92 Å². The number of aromatic hydroxyl groups is 1. The van der Waals surface area contributed by atoms with Gasteiger partial charge in [0.25, 0.3) is 0 Å². The number of benzene rings is 2. The number of hydrogen-bond donors (Lipinski definition) is 1. The molecule has 0 saturated heterocycles. The summed E-state index contributed by atoms with van der Waals surface area (Å²) in [4.78, 5) is 4.36. The molecule has 0 amide bonds. The van der Waals surface area contributed by atoms with Crippen LogP contribution >= 0.6 is 12.4 Å². The molecule has 0 unspecified atom stereocenters. The monoisotopic (exact) mass is 501 g/mol. The first-order chi connectivity index (χ1) is 16.6. The Labute approximate surface area is 214 Å². The maximum Gasteiger partial charge on any atom is 0.203 e. The fourth-order valence-corrected chi connectivity index (χ4v) is 4.88. The highest BCUT2D eigenvalue weighted by molar-refractivity contribution is 5.92. The predicted molar refractivity (Wildman–Crippen MR) is 141 cm³/mol. The second-order valence-corrected chi connectivity index (χ2v) is 8.89. The molecule has 1 heterocycles. The number of pyridine rings is 1. The lowest BCUT2D eigenvalue weighted by molar-refractivity contribution is 0.229. The van der Waals surface area contributed by atoms with Crippen LogP contribution in [0.1, 0.15) is 56.6 Å². The van der Waals surface area contributed by atoms with Crippen molar-refractivity contribution in [3.8, 4) is 28.7 Å². The van der Waals surface area contributed by atoms with Crippen LogP contribution in [-0.4, -0.2) is 37.5 Å². The second kappa shape index (κ2) is 12.7. The number of hydrogen-bond acceptors (Lipinski definition) is 6. The molecule has 1 fully saturated rings. The van der Waals surface area contributed by atoms with E-state index in [-0.39, 0.29) is 18.2 Å². The molecule has 0 atom stereocenters. The molecular weight excluding hydrogens is 466 g/mol. The van der Waals surface area contributed by atoms with Crippen molar-refractivity contribution in [1.82, 2.24) is 4.98 Å². The minimum atomic E-state index is 0.